The van der Waals surface area contributed by atoms with Gasteiger partial charge in [-0.25, -0.2) is 0 Å². The fourth-order valence-electron chi connectivity index (χ4n) is 4.19. The highest BCUT2D eigenvalue weighted by molar-refractivity contribution is 6.83. The first kappa shape index (κ1) is 29.5. The number of aliphatic hydroxyl groups is 1. The smallest absolute Gasteiger partial charge is 0.507 e. The number of amides is 1. The van der Waals surface area contributed by atoms with E-state index in [9.17, 15) is 27.9 Å². The second kappa shape index (κ2) is 11.2. The molecule has 1 fully saturated rings. The van der Waals surface area contributed by atoms with E-state index in [1.54, 1.807) is 30.3 Å². The molecule has 1 atom stereocenters. The van der Waals surface area contributed by atoms with Gasteiger partial charge in [0.25, 0.3) is 5.78 Å². The molecule has 0 radical (unpaired) electrons. The molecule has 0 bridgehead atoms. The van der Waals surface area contributed by atoms with Crippen LogP contribution >= 0.6 is 0 Å². The van der Waals surface area contributed by atoms with Crippen LogP contribution in [0.2, 0.25) is 19.6 Å². The number of hydrogen-bond acceptors (Lipinski definition) is 6. The molecule has 0 aliphatic carbocycles. The number of hydrogen-bond donors (Lipinski definition) is 1. The number of anilines is 1. The molecule has 41 heavy (non-hydrogen) atoms. The molecule has 11 heteroatoms. The first-order chi connectivity index (χ1) is 19.1. The number of nitrogens with zero attached hydrogens (tertiary/aromatic N) is 3. The molecule has 1 aliphatic rings. The van der Waals surface area contributed by atoms with Crippen LogP contribution in [0.3, 0.4) is 0 Å². The van der Waals surface area contributed by atoms with Gasteiger partial charge in [-0.05, 0) is 41.3 Å². The van der Waals surface area contributed by atoms with Gasteiger partial charge in [-0.3, -0.25) is 14.5 Å². The van der Waals surface area contributed by atoms with Crippen LogP contribution in [0, 0.1) is 11.5 Å². The standard InChI is InChI=1S/C30H28F3N3O4Si/c1-18(2)19-6-8-21(9-7-19)27(37)25-26(20-10-13-23(14-11-20)40-30(31,32)33)36(29(39)28(25)38)24-15-12-22(34-35-24)16-17-41(3,4)5/h6-15,18,26,37H,1-5H3. The molecule has 2 aromatic carbocycles. The Hall–Kier alpha value is -4.43. The third-order valence-electron chi connectivity index (χ3n) is 6.19. The van der Waals surface area contributed by atoms with Gasteiger partial charge in [0, 0.05) is 5.56 Å². The Bertz CT molecular complexity index is 1550. The predicted molar refractivity (Wildman–Crippen MR) is 151 cm³/mol. The molecule has 1 N–H and O–H groups in total. The number of Topliss-reactive ketones (excluding diaryl/α,β-unsaturated/α-hetero) is 1. The van der Waals surface area contributed by atoms with E-state index in [1.807, 2.05) is 13.8 Å². The maximum Gasteiger partial charge on any atom is 0.573 e. The van der Waals surface area contributed by atoms with Gasteiger partial charge in [-0.15, -0.1) is 28.9 Å². The lowest BCUT2D eigenvalue weighted by Gasteiger charge is -2.24. The molecule has 4 rings (SSSR count). The quantitative estimate of drug-likeness (QED) is 0.124. The van der Waals surface area contributed by atoms with Gasteiger partial charge in [-0.2, -0.15) is 0 Å². The van der Waals surface area contributed by atoms with Crippen LogP contribution in [0.25, 0.3) is 5.76 Å². The zero-order chi connectivity index (χ0) is 30.1. The molecule has 2 heterocycles. The summed E-state index contributed by atoms with van der Waals surface area (Å²) in [6, 6.07) is 13.5. The number of ketones is 1. The highest BCUT2D eigenvalue weighted by atomic mass is 28.3. The normalized spacial score (nSPS) is 17.0. The van der Waals surface area contributed by atoms with E-state index >= 15 is 0 Å². The molecule has 1 saturated heterocycles. The highest BCUT2D eigenvalue weighted by Gasteiger charge is 2.47. The molecule has 212 valence electrons. The number of aliphatic hydroxyl groups excluding tert-OH is 1. The third-order valence-corrected chi connectivity index (χ3v) is 7.06. The first-order valence-corrected chi connectivity index (χ1v) is 16.3. The fourth-order valence-corrected chi connectivity index (χ4v) is 4.69. The first-order valence-electron chi connectivity index (χ1n) is 12.8. The largest absolute Gasteiger partial charge is 0.573 e. The molecule has 1 aromatic heterocycles. The zero-order valence-corrected chi connectivity index (χ0v) is 24.1. The van der Waals surface area contributed by atoms with Crippen molar-refractivity contribution >= 4 is 31.3 Å². The minimum atomic E-state index is -4.89. The number of benzene rings is 2. The summed E-state index contributed by atoms with van der Waals surface area (Å²) < 4.78 is 42.2. The number of rotatable bonds is 5. The van der Waals surface area contributed by atoms with Crippen molar-refractivity contribution in [3.63, 3.8) is 0 Å². The number of alkyl halides is 3. The summed E-state index contributed by atoms with van der Waals surface area (Å²) in [5, 5.41) is 19.5. The molecule has 1 unspecified atom stereocenters. The van der Waals surface area contributed by atoms with Crippen molar-refractivity contribution in [1.29, 1.82) is 0 Å². The number of ether oxygens (including phenoxy) is 1. The Labute approximate surface area is 236 Å². The molecule has 0 spiro atoms. The Balaban J connectivity index is 1.83. The van der Waals surface area contributed by atoms with Crippen molar-refractivity contribution in [3.05, 3.63) is 88.6 Å². The lowest BCUT2D eigenvalue weighted by molar-refractivity contribution is -0.274. The topological polar surface area (TPSA) is 92.6 Å². The minimum absolute atomic E-state index is 0.0143. The number of carbonyl (C=O) groups excluding carboxylic acids is 2. The van der Waals surface area contributed by atoms with E-state index in [1.165, 1.54) is 18.2 Å². The monoisotopic (exact) mass is 579 g/mol. The average molecular weight is 580 g/mol. The van der Waals surface area contributed by atoms with Crippen LogP contribution in [0.15, 0.2) is 66.2 Å². The Morgan fingerprint density at radius 1 is 0.976 bits per heavy atom. The second-order valence-corrected chi connectivity index (χ2v) is 15.6. The van der Waals surface area contributed by atoms with Crippen molar-refractivity contribution < 1.29 is 32.6 Å². The van der Waals surface area contributed by atoms with Crippen LogP contribution in [0.4, 0.5) is 19.0 Å². The van der Waals surface area contributed by atoms with Gasteiger partial charge >= 0.3 is 12.3 Å². The van der Waals surface area contributed by atoms with Gasteiger partial charge in [0.1, 0.15) is 25.3 Å². The maximum atomic E-state index is 13.3. The minimum Gasteiger partial charge on any atom is -0.507 e. The summed E-state index contributed by atoms with van der Waals surface area (Å²) in [7, 11) is -1.69. The summed E-state index contributed by atoms with van der Waals surface area (Å²) in [6.07, 6.45) is -4.89. The number of halogens is 3. The van der Waals surface area contributed by atoms with E-state index in [0.29, 0.717) is 11.3 Å². The SMILES string of the molecule is CC(C)c1ccc(C(O)=C2C(=O)C(=O)N(c3ccc(C#C[Si](C)(C)C)nn3)C2c2ccc(OC(F)(F)F)cc2)cc1. The zero-order valence-electron chi connectivity index (χ0n) is 23.1. The van der Waals surface area contributed by atoms with Crippen LogP contribution in [-0.2, 0) is 9.59 Å². The van der Waals surface area contributed by atoms with Crippen LogP contribution in [-0.4, -0.2) is 41.4 Å². The van der Waals surface area contributed by atoms with Crippen LogP contribution in [0.5, 0.6) is 5.75 Å². The summed E-state index contributed by atoms with van der Waals surface area (Å²) in [6.45, 7) is 10.2. The molecule has 0 saturated carbocycles. The summed E-state index contributed by atoms with van der Waals surface area (Å²) in [5.41, 5.74) is 4.87. The molecule has 1 amide bonds. The Morgan fingerprint density at radius 2 is 1.61 bits per heavy atom. The molecular formula is C30H28F3N3O4Si. The van der Waals surface area contributed by atoms with Crippen molar-refractivity contribution in [3.8, 4) is 17.2 Å². The van der Waals surface area contributed by atoms with Crippen molar-refractivity contribution in [2.24, 2.45) is 0 Å². The second-order valence-electron chi connectivity index (χ2n) is 10.8. The predicted octanol–water partition coefficient (Wildman–Crippen LogP) is 6.35. The molecular weight excluding hydrogens is 551 g/mol. The summed E-state index contributed by atoms with van der Waals surface area (Å²) in [5.74, 6) is 0.360. The average Bonchev–Trinajstić information content (AvgIpc) is 3.16. The Morgan fingerprint density at radius 3 is 2.12 bits per heavy atom. The lowest BCUT2D eigenvalue weighted by Crippen LogP contribution is -2.30. The maximum absolute atomic E-state index is 13.3. The van der Waals surface area contributed by atoms with E-state index in [4.69, 9.17) is 0 Å². The van der Waals surface area contributed by atoms with Crippen molar-refractivity contribution in [1.82, 2.24) is 10.2 Å². The lowest BCUT2D eigenvalue weighted by atomic mass is 9.94. The van der Waals surface area contributed by atoms with Crippen molar-refractivity contribution in [2.45, 2.75) is 51.8 Å². The van der Waals surface area contributed by atoms with Gasteiger partial charge in [0.2, 0.25) is 0 Å². The highest BCUT2D eigenvalue weighted by Crippen LogP contribution is 2.42. The van der Waals surface area contributed by atoms with Gasteiger partial charge in [0.05, 0.1) is 11.6 Å². The fraction of sp³-hybridized carbons (Fsp3) is 0.267. The van der Waals surface area contributed by atoms with Gasteiger partial charge < -0.3 is 9.84 Å². The summed E-state index contributed by atoms with van der Waals surface area (Å²) in [4.78, 5) is 27.8. The Kier molecular flexibility index (Phi) is 8.08. The summed E-state index contributed by atoms with van der Waals surface area (Å²) >= 11 is 0. The number of aromatic nitrogens is 2. The van der Waals surface area contributed by atoms with Crippen LogP contribution < -0.4 is 9.64 Å². The number of carbonyl (C=O) groups is 2. The van der Waals surface area contributed by atoms with Gasteiger partial charge in [-0.1, -0.05) is 75.8 Å². The third kappa shape index (κ3) is 6.84. The molecule has 1 aliphatic heterocycles. The van der Waals surface area contributed by atoms with E-state index in [0.717, 1.165) is 22.6 Å². The van der Waals surface area contributed by atoms with Crippen molar-refractivity contribution in [2.75, 3.05) is 4.90 Å². The molecule has 3 aromatic rings. The van der Waals surface area contributed by atoms with E-state index in [2.05, 4.69) is 46.0 Å². The molecule has 7 nitrogen and oxygen atoms in total. The van der Waals surface area contributed by atoms with Gasteiger partial charge in [0.15, 0.2) is 5.82 Å². The van der Waals surface area contributed by atoms with Crippen LogP contribution in [0.1, 0.15) is 48.2 Å². The van der Waals surface area contributed by atoms with E-state index < -0.39 is 43.7 Å². The van der Waals surface area contributed by atoms with E-state index in [-0.39, 0.29) is 22.9 Å².